The molecule has 3 aromatic rings. The number of nitrogens with one attached hydrogen (secondary N) is 1. The van der Waals surface area contributed by atoms with Gasteiger partial charge in [-0.15, -0.1) is 21.5 Å². The minimum absolute atomic E-state index is 0.186. The largest absolute Gasteiger partial charge is 0.477 e. The number of nitrogens with zero attached hydrogens (tertiary/aromatic N) is 3. The van der Waals surface area contributed by atoms with Gasteiger partial charge in [-0.3, -0.25) is 4.79 Å². The molecule has 10 heteroatoms. The lowest BCUT2D eigenvalue weighted by molar-refractivity contribution is -0.121. The molecule has 0 saturated heterocycles. The van der Waals surface area contributed by atoms with Gasteiger partial charge < -0.3 is 14.8 Å². The third-order valence-corrected chi connectivity index (χ3v) is 5.57. The number of hydrogen-bond acceptors (Lipinski definition) is 8. The molecule has 1 atom stereocenters. The summed E-state index contributed by atoms with van der Waals surface area (Å²) in [6, 6.07) is 1.51. The number of aromatic carboxylic acids is 1. The number of amides is 1. The molecule has 0 bridgehead atoms. The van der Waals surface area contributed by atoms with Gasteiger partial charge in [0.05, 0.1) is 11.7 Å². The smallest absolute Gasteiger partial charge is 0.347 e. The number of carboxylic acids is 1. The van der Waals surface area contributed by atoms with Crippen molar-refractivity contribution in [2.45, 2.75) is 32.7 Å². The number of carbonyl (C=O) groups excluding carboxylic acids is 1. The first kappa shape index (κ1) is 18.2. The van der Waals surface area contributed by atoms with E-state index in [1.807, 2.05) is 16.8 Å². The van der Waals surface area contributed by atoms with Crippen LogP contribution in [0.25, 0.3) is 11.5 Å². The van der Waals surface area contributed by atoms with Crippen molar-refractivity contribution in [1.29, 1.82) is 0 Å². The highest BCUT2D eigenvalue weighted by molar-refractivity contribution is 7.13. The zero-order chi connectivity index (χ0) is 18.7. The van der Waals surface area contributed by atoms with Crippen LogP contribution < -0.4 is 5.32 Å². The Hall–Kier alpha value is -2.59. The van der Waals surface area contributed by atoms with Crippen molar-refractivity contribution in [3.05, 3.63) is 38.3 Å². The average molecular weight is 392 g/mol. The van der Waals surface area contributed by atoms with Crippen LogP contribution in [0.1, 0.15) is 45.7 Å². The fourth-order valence-corrected chi connectivity index (χ4v) is 3.79. The third kappa shape index (κ3) is 4.14. The zero-order valence-electron chi connectivity index (χ0n) is 14.1. The highest BCUT2D eigenvalue weighted by atomic mass is 32.1. The maximum absolute atomic E-state index is 12.1. The third-order valence-electron chi connectivity index (χ3n) is 3.56. The summed E-state index contributed by atoms with van der Waals surface area (Å²) in [6.07, 6.45) is 0.513. The summed E-state index contributed by atoms with van der Waals surface area (Å²) in [7, 11) is 0. The molecule has 1 unspecified atom stereocenters. The van der Waals surface area contributed by atoms with E-state index in [1.54, 1.807) is 13.8 Å². The molecule has 0 aliphatic heterocycles. The number of aryl methyl sites for hydroxylation is 2. The summed E-state index contributed by atoms with van der Waals surface area (Å²) in [6.45, 7) is 3.40. The van der Waals surface area contributed by atoms with E-state index in [0.717, 1.165) is 16.9 Å². The molecule has 8 nitrogen and oxygen atoms in total. The van der Waals surface area contributed by atoms with Gasteiger partial charge in [-0.25, -0.2) is 9.78 Å². The Kier molecular flexibility index (Phi) is 5.43. The normalized spacial score (nSPS) is 12.1. The molecular formula is C16H16N4O4S2. The van der Waals surface area contributed by atoms with Crippen molar-refractivity contribution in [3.63, 3.8) is 0 Å². The quantitative estimate of drug-likeness (QED) is 0.634. The number of thiazole rings is 1. The lowest BCUT2D eigenvalue weighted by Gasteiger charge is -2.10. The second-order valence-electron chi connectivity index (χ2n) is 5.57. The van der Waals surface area contributed by atoms with Crippen LogP contribution in [0.5, 0.6) is 0 Å². The van der Waals surface area contributed by atoms with Crippen LogP contribution in [0.4, 0.5) is 0 Å². The van der Waals surface area contributed by atoms with Gasteiger partial charge in [-0.05, 0) is 25.3 Å². The van der Waals surface area contributed by atoms with E-state index < -0.39 is 5.97 Å². The minimum Gasteiger partial charge on any atom is -0.477 e. The van der Waals surface area contributed by atoms with Gasteiger partial charge in [-0.2, -0.15) is 11.3 Å². The van der Waals surface area contributed by atoms with Crippen molar-refractivity contribution in [2.75, 3.05) is 0 Å². The number of carboxylic acid groups (broad SMARTS) is 1. The number of rotatable bonds is 7. The molecule has 0 saturated carbocycles. The van der Waals surface area contributed by atoms with Crippen LogP contribution in [-0.4, -0.2) is 32.2 Å². The van der Waals surface area contributed by atoms with Crippen LogP contribution in [0.3, 0.4) is 0 Å². The molecular weight excluding hydrogens is 376 g/mol. The Morgan fingerprint density at radius 2 is 2.19 bits per heavy atom. The lowest BCUT2D eigenvalue weighted by atomic mass is 10.2. The summed E-state index contributed by atoms with van der Waals surface area (Å²) in [4.78, 5) is 27.6. The fraction of sp³-hybridized carbons (Fsp3) is 0.312. The van der Waals surface area contributed by atoms with Crippen molar-refractivity contribution in [3.8, 4) is 11.5 Å². The van der Waals surface area contributed by atoms with Gasteiger partial charge in [0, 0.05) is 23.8 Å². The SMILES string of the molecule is Cc1nc(C(C)NC(=O)CCc2nnc(-c3ccsc3)o2)sc1C(=O)O. The maximum Gasteiger partial charge on any atom is 0.347 e. The van der Waals surface area contributed by atoms with Gasteiger partial charge in [-0.1, -0.05) is 0 Å². The van der Waals surface area contributed by atoms with Gasteiger partial charge in [0.1, 0.15) is 9.88 Å². The predicted molar refractivity (Wildman–Crippen MR) is 96.3 cm³/mol. The first-order valence-electron chi connectivity index (χ1n) is 7.79. The molecule has 0 fully saturated rings. The van der Waals surface area contributed by atoms with Crippen LogP contribution in [-0.2, 0) is 11.2 Å². The van der Waals surface area contributed by atoms with E-state index in [4.69, 9.17) is 9.52 Å². The first-order valence-corrected chi connectivity index (χ1v) is 9.55. The van der Waals surface area contributed by atoms with E-state index in [-0.39, 0.29) is 23.2 Å². The summed E-state index contributed by atoms with van der Waals surface area (Å²) < 4.78 is 5.54. The molecule has 136 valence electrons. The second kappa shape index (κ2) is 7.75. The molecule has 0 aromatic carbocycles. The molecule has 2 N–H and O–H groups in total. The number of aromatic nitrogens is 3. The Morgan fingerprint density at radius 1 is 1.38 bits per heavy atom. The Morgan fingerprint density at radius 3 is 2.85 bits per heavy atom. The van der Waals surface area contributed by atoms with Gasteiger partial charge in [0.25, 0.3) is 0 Å². The molecule has 0 radical (unpaired) electrons. The monoisotopic (exact) mass is 392 g/mol. The summed E-state index contributed by atoms with van der Waals surface area (Å²) in [5, 5.41) is 24.2. The van der Waals surface area contributed by atoms with E-state index in [1.165, 1.54) is 11.3 Å². The van der Waals surface area contributed by atoms with Gasteiger partial charge >= 0.3 is 5.97 Å². The van der Waals surface area contributed by atoms with E-state index >= 15 is 0 Å². The van der Waals surface area contributed by atoms with Crippen LogP contribution >= 0.6 is 22.7 Å². The minimum atomic E-state index is -1.01. The highest BCUT2D eigenvalue weighted by Crippen LogP contribution is 2.24. The Labute approximate surface area is 156 Å². The highest BCUT2D eigenvalue weighted by Gasteiger charge is 2.19. The number of carbonyl (C=O) groups is 2. The van der Waals surface area contributed by atoms with Crippen molar-refractivity contribution >= 4 is 34.6 Å². The zero-order valence-corrected chi connectivity index (χ0v) is 15.7. The topological polar surface area (TPSA) is 118 Å². The van der Waals surface area contributed by atoms with Crippen molar-refractivity contribution in [2.24, 2.45) is 0 Å². The number of thiophene rings is 1. The van der Waals surface area contributed by atoms with E-state index in [0.29, 0.717) is 28.9 Å². The summed E-state index contributed by atoms with van der Waals surface area (Å²) >= 11 is 2.61. The maximum atomic E-state index is 12.1. The predicted octanol–water partition coefficient (Wildman–Crippen LogP) is 3.07. The van der Waals surface area contributed by atoms with Crippen molar-refractivity contribution in [1.82, 2.24) is 20.5 Å². The summed E-state index contributed by atoms with van der Waals surface area (Å²) in [5.41, 5.74) is 1.31. The molecule has 26 heavy (non-hydrogen) atoms. The van der Waals surface area contributed by atoms with E-state index in [9.17, 15) is 9.59 Å². The molecule has 3 heterocycles. The molecule has 1 amide bonds. The summed E-state index contributed by atoms with van der Waals surface area (Å²) in [5.74, 6) is -0.373. The average Bonchev–Trinajstić information content (AvgIpc) is 3.32. The van der Waals surface area contributed by atoms with E-state index in [2.05, 4.69) is 20.5 Å². The standard InChI is InChI=1S/C16H16N4O4S2/c1-8-13(16(22)23)26-15(18-8)9(2)17-11(21)3-4-12-19-20-14(24-12)10-5-6-25-7-10/h5-7,9H,3-4H2,1-2H3,(H,17,21)(H,22,23). The fourth-order valence-electron chi connectivity index (χ4n) is 2.25. The lowest BCUT2D eigenvalue weighted by Crippen LogP contribution is -2.26. The van der Waals surface area contributed by atoms with Gasteiger partial charge in [0.2, 0.25) is 17.7 Å². The van der Waals surface area contributed by atoms with Crippen LogP contribution in [0.2, 0.25) is 0 Å². The van der Waals surface area contributed by atoms with Crippen LogP contribution in [0, 0.1) is 6.92 Å². The second-order valence-corrected chi connectivity index (χ2v) is 7.38. The van der Waals surface area contributed by atoms with Gasteiger partial charge in [0.15, 0.2) is 0 Å². The molecule has 0 spiro atoms. The Bertz CT molecular complexity index is 917. The number of hydrogen-bond donors (Lipinski definition) is 2. The van der Waals surface area contributed by atoms with Crippen LogP contribution in [0.15, 0.2) is 21.2 Å². The van der Waals surface area contributed by atoms with Crippen molar-refractivity contribution < 1.29 is 19.1 Å². The molecule has 3 aromatic heterocycles. The molecule has 0 aliphatic rings. The molecule has 0 aliphatic carbocycles. The molecule has 3 rings (SSSR count). The first-order chi connectivity index (χ1) is 12.4. The Balaban J connectivity index is 1.54.